The minimum Gasteiger partial charge on any atom is -0.347 e. The van der Waals surface area contributed by atoms with Crippen LogP contribution in [0.15, 0.2) is 29.2 Å². The van der Waals surface area contributed by atoms with E-state index in [2.05, 4.69) is 5.32 Å². The van der Waals surface area contributed by atoms with Gasteiger partial charge in [0.25, 0.3) is 5.69 Å². The predicted molar refractivity (Wildman–Crippen MR) is 80.1 cm³/mol. The van der Waals surface area contributed by atoms with Crippen LogP contribution in [0.3, 0.4) is 0 Å². The van der Waals surface area contributed by atoms with Gasteiger partial charge in [0.15, 0.2) is 0 Å². The van der Waals surface area contributed by atoms with Gasteiger partial charge in [-0.15, -0.1) is 11.8 Å². The molecule has 1 aromatic carbocycles. The van der Waals surface area contributed by atoms with E-state index in [9.17, 15) is 19.7 Å². The number of nitrogens with one attached hydrogen (secondary N) is 1. The summed E-state index contributed by atoms with van der Waals surface area (Å²) in [5.74, 6) is -0.440. The van der Waals surface area contributed by atoms with Crippen molar-refractivity contribution in [3.8, 4) is 0 Å². The second-order valence-corrected chi connectivity index (χ2v) is 5.93. The molecule has 8 heteroatoms. The van der Waals surface area contributed by atoms with Gasteiger partial charge in [-0.1, -0.05) is 0 Å². The van der Waals surface area contributed by atoms with Crippen LogP contribution in [0.1, 0.15) is 6.92 Å². The Hall–Kier alpha value is -2.09. The molecule has 1 rings (SSSR count). The van der Waals surface area contributed by atoms with Crippen molar-refractivity contribution in [2.75, 3.05) is 20.6 Å². The zero-order valence-electron chi connectivity index (χ0n) is 12.0. The highest BCUT2D eigenvalue weighted by Gasteiger charge is 2.16. The van der Waals surface area contributed by atoms with E-state index in [0.717, 1.165) is 4.90 Å². The van der Waals surface area contributed by atoms with Crippen LogP contribution in [-0.4, -0.2) is 47.5 Å². The Morgan fingerprint density at radius 3 is 2.38 bits per heavy atom. The lowest BCUT2D eigenvalue weighted by atomic mass is 10.3. The number of hydrogen-bond acceptors (Lipinski definition) is 5. The molecule has 0 aliphatic heterocycles. The average molecular weight is 311 g/mol. The third-order valence-corrected chi connectivity index (χ3v) is 3.75. The van der Waals surface area contributed by atoms with Gasteiger partial charge in [-0.05, 0) is 19.1 Å². The SMILES string of the molecule is C[C@H](Sc1ccc([N+](=O)[O-])cc1)C(=O)NCC(=O)N(C)C. The number of nitrogens with zero attached hydrogens (tertiary/aromatic N) is 2. The number of nitro benzene ring substituents is 1. The van der Waals surface area contributed by atoms with Crippen LogP contribution in [0.25, 0.3) is 0 Å². The highest BCUT2D eigenvalue weighted by molar-refractivity contribution is 8.00. The first-order valence-corrected chi connectivity index (χ1v) is 7.08. The lowest BCUT2D eigenvalue weighted by Crippen LogP contribution is -2.39. The number of rotatable bonds is 6. The van der Waals surface area contributed by atoms with E-state index in [1.54, 1.807) is 33.2 Å². The van der Waals surface area contributed by atoms with E-state index in [1.807, 2.05) is 0 Å². The number of benzene rings is 1. The topological polar surface area (TPSA) is 92.5 Å². The van der Waals surface area contributed by atoms with Crippen LogP contribution >= 0.6 is 11.8 Å². The fraction of sp³-hybridized carbons (Fsp3) is 0.385. The number of thioether (sulfide) groups is 1. The van der Waals surface area contributed by atoms with E-state index in [1.165, 1.54) is 28.8 Å². The summed E-state index contributed by atoms with van der Waals surface area (Å²) < 4.78 is 0. The first-order chi connectivity index (χ1) is 9.81. The summed E-state index contributed by atoms with van der Waals surface area (Å²) in [5.41, 5.74) is 0.00744. The molecular formula is C13H17N3O4S. The number of carbonyl (C=O) groups is 2. The molecule has 0 saturated carbocycles. The monoisotopic (exact) mass is 311 g/mol. The standard InChI is InChI=1S/C13H17N3O4S/c1-9(13(18)14-8-12(17)15(2)3)21-11-6-4-10(5-7-11)16(19)20/h4-7,9H,8H2,1-3H3,(H,14,18)/t9-/m0/s1. The largest absolute Gasteiger partial charge is 0.347 e. The Labute approximate surface area is 126 Å². The van der Waals surface area contributed by atoms with Gasteiger partial charge >= 0.3 is 0 Å². The van der Waals surface area contributed by atoms with Crippen molar-refractivity contribution in [2.45, 2.75) is 17.1 Å². The molecule has 0 spiro atoms. The summed E-state index contributed by atoms with van der Waals surface area (Å²) in [4.78, 5) is 35.4. The molecule has 1 atom stereocenters. The molecule has 114 valence electrons. The van der Waals surface area contributed by atoms with Gasteiger partial charge in [0.1, 0.15) is 0 Å². The zero-order chi connectivity index (χ0) is 16.0. The third kappa shape index (κ3) is 5.42. The lowest BCUT2D eigenvalue weighted by Gasteiger charge is -2.14. The first-order valence-electron chi connectivity index (χ1n) is 6.20. The Bertz CT molecular complexity index is 531. The van der Waals surface area contributed by atoms with Crippen LogP contribution in [0.4, 0.5) is 5.69 Å². The third-order valence-electron chi connectivity index (χ3n) is 2.64. The van der Waals surface area contributed by atoms with Gasteiger partial charge in [-0.3, -0.25) is 19.7 Å². The van der Waals surface area contributed by atoms with Gasteiger partial charge in [0.05, 0.1) is 16.7 Å². The van der Waals surface area contributed by atoms with Crippen molar-refractivity contribution in [1.29, 1.82) is 0 Å². The molecular weight excluding hydrogens is 294 g/mol. The van der Waals surface area contributed by atoms with Gasteiger partial charge in [0.2, 0.25) is 11.8 Å². The Morgan fingerprint density at radius 2 is 1.90 bits per heavy atom. The smallest absolute Gasteiger partial charge is 0.269 e. The summed E-state index contributed by atoms with van der Waals surface area (Å²) in [6, 6.07) is 5.97. The molecule has 0 fully saturated rings. The molecule has 0 aromatic heterocycles. The molecule has 0 bridgehead atoms. The van der Waals surface area contributed by atoms with Crippen LogP contribution in [0.5, 0.6) is 0 Å². The molecule has 0 heterocycles. The zero-order valence-corrected chi connectivity index (χ0v) is 12.8. The van der Waals surface area contributed by atoms with Crippen molar-refractivity contribution in [3.05, 3.63) is 34.4 Å². The lowest BCUT2D eigenvalue weighted by molar-refractivity contribution is -0.384. The van der Waals surface area contributed by atoms with Gasteiger partial charge in [-0.2, -0.15) is 0 Å². The highest BCUT2D eigenvalue weighted by atomic mass is 32.2. The van der Waals surface area contributed by atoms with E-state index < -0.39 is 10.2 Å². The van der Waals surface area contributed by atoms with Crippen molar-refractivity contribution < 1.29 is 14.5 Å². The quantitative estimate of drug-likeness (QED) is 0.485. The first kappa shape index (κ1) is 17.0. The average Bonchev–Trinajstić information content (AvgIpc) is 2.44. The number of hydrogen-bond donors (Lipinski definition) is 1. The van der Waals surface area contributed by atoms with Gasteiger partial charge in [-0.25, -0.2) is 0 Å². The van der Waals surface area contributed by atoms with Gasteiger partial charge in [0, 0.05) is 31.1 Å². The fourth-order valence-corrected chi connectivity index (χ4v) is 2.26. The van der Waals surface area contributed by atoms with E-state index in [-0.39, 0.29) is 24.0 Å². The fourth-order valence-electron chi connectivity index (χ4n) is 1.37. The minimum absolute atomic E-state index is 0.00744. The van der Waals surface area contributed by atoms with Crippen molar-refractivity contribution in [1.82, 2.24) is 10.2 Å². The molecule has 7 nitrogen and oxygen atoms in total. The molecule has 0 aliphatic rings. The molecule has 21 heavy (non-hydrogen) atoms. The minimum atomic E-state index is -0.475. The molecule has 0 aliphatic carbocycles. The van der Waals surface area contributed by atoms with Crippen LogP contribution in [-0.2, 0) is 9.59 Å². The second kappa shape index (κ2) is 7.63. The van der Waals surface area contributed by atoms with Crippen LogP contribution in [0, 0.1) is 10.1 Å². The predicted octanol–water partition coefficient (Wildman–Crippen LogP) is 1.28. The molecule has 2 amide bonds. The highest BCUT2D eigenvalue weighted by Crippen LogP contribution is 2.25. The van der Waals surface area contributed by atoms with Crippen LogP contribution in [0.2, 0.25) is 0 Å². The molecule has 0 unspecified atom stereocenters. The van der Waals surface area contributed by atoms with Crippen LogP contribution < -0.4 is 5.32 Å². The number of amides is 2. The number of carbonyl (C=O) groups excluding carboxylic acids is 2. The Morgan fingerprint density at radius 1 is 1.33 bits per heavy atom. The Balaban J connectivity index is 2.52. The molecule has 1 N–H and O–H groups in total. The summed E-state index contributed by atoms with van der Waals surface area (Å²) in [7, 11) is 3.23. The second-order valence-electron chi connectivity index (χ2n) is 4.52. The number of likely N-dealkylation sites (N-methyl/N-ethyl adjacent to an activating group) is 1. The van der Waals surface area contributed by atoms with E-state index in [0.29, 0.717) is 0 Å². The van der Waals surface area contributed by atoms with Crippen molar-refractivity contribution in [2.24, 2.45) is 0 Å². The molecule has 0 saturated heterocycles. The maximum Gasteiger partial charge on any atom is 0.269 e. The maximum absolute atomic E-state index is 11.8. The molecule has 1 aromatic rings. The normalized spacial score (nSPS) is 11.6. The Kier molecular flexibility index (Phi) is 6.16. The number of nitro groups is 1. The van der Waals surface area contributed by atoms with Gasteiger partial charge < -0.3 is 10.2 Å². The summed E-state index contributed by atoms with van der Waals surface area (Å²) in [5, 5.41) is 12.7. The number of non-ortho nitro benzene ring substituents is 1. The van der Waals surface area contributed by atoms with E-state index in [4.69, 9.17) is 0 Å². The summed E-state index contributed by atoms with van der Waals surface area (Å²) in [6.45, 7) is 1.67. The van der Waals surface area contributed by atoms with Crippen molar-refractivity contribution >= 4 is 29.3 Å². The summed E-state index contributed by atoms with van der Waals surface area (Å²) in [6.07, 6.45) is 0. The van der Waals surface area contributed by atoms with E-state index >= 15 is 0 Å². The summed E-state index contributed by atoms with van der Waals surface area (Å²) >= 11 is 1.27. The maximum atomic E-state index is 11.8. The van der Waals surface area contributed by atoms with Crippen molar-refractivity contribution in [3.63, 3.8) is 0 Å². The molecule has 0 radical (unpaired) electrons.